The van der Waals surface area contributed by atoms with E-state index in [1.54, 1.807) is 0 Å². The third-order valence-electron chi connectivity index (χ3n) is 2.82. The Hall–Kier alpha value is -1.83. The lowest BCUT2D eigenvalue weighted by molar-refractivity contribution is 0.959. The van der Waals surface area contributed by atoms with Crippen molar-refractivity contribution in [3.8, 4) is 0 Å². The van der Waals surface area contributed by atoms with E-state index in [0.717, 1.165) is 18.7 Å². The topological polar surface area (TPSA) is 24.9 Å². The van der Waals surface area contributed by atoms with Crippen molar-refractivity contribution in [3.05, 3.63) is 59.4 Å². The van der Waals surface area contributed by atoms with Crippen LogP contribution in [0.15, 0.2) is 42.6 Å². The van der Waals surface area contributed by atoms with Gasteiger partial charge in [-0.3, -0.25) is 4.98 Å². The smallest absolute Gasteiger partial charge is 0.0421 e. The highest BCUT2D eigenvalue weighted by molar-refractivity contribution is 5.52. The fraction of sp³-hybridized carbons (Fsp3) is 0.267. The Morgan fingerprint density at radius 3 is 2.76 bits per heavy atom. The number of aryl methyl sites for hydroxylation is 2. The van der Waals surface area contributed by atoms with Gasteiger partial charge in [-0.05, 0) is 43.2 Å². The summed E-state index contributed by atoms with van der Waals surface area (Å²) in [6.07, 6.45) is 2.79. The predicted molar refractivity (Wildman–Crippen MR) is 72.3 cm³/mol. The van der Waals surface area contributed by atoms with Gasteiger partial charge in [0.05, 0.1) is 0 Å². The fourth-order valence-electron chi connectivity index (χ4n) is 1.80. The number of hydrogen-bond donors (Lipinski definition) is 1. The van der Waals surface area contributed by atoms with E-state index in [4.69, 9.17) is 0 Å². The van der Waals surface area contributed by atoms with Gasteiger partial charge in [0, 0.05) is 30.5 Å². The molecule has 0 atom stereocenters. The van der Waals surface area contributed by atoms with Crippen LogP contribution in [0.2, 0.25) is 0 Å². The minimum absolute atomic E-state index is 0.918. The minimum Gasteiger partial charge on any atom is -0.384 e. The summed E-state index contributed by atoms with van der Waals surface area (Å²) in [5.41, 5.74) is 4.93. The summed E-state index contributed by atoms with van der Waals surface area (Å²) in [5, 5.41) is 3.46. The Morgan fingerprint density at radius 2 is 2.00 bits per heavy atom. The molecule has 2 aromatic rings. The molecule has 1 aromatic heterocycles. The maximum atomic E-state index is 4.31. The molecule has 1 heterocycles. The first kappa shape index (κ1) is 11.6. The molecule has 0 radical (unpaired) electrons. The first-order valence-corrected chi connectivity index (χ1v) is 5.97. The van der Waals surface area contributed by atoms with Crippen molar-refractivity contribution in [2.24, 2.45) is 0 Å². The van der Waals surface area contributed by atoms with Gasteiger partial charge >= 0.3 is 0 Å². The zero-order valence-corrected chi connectivity index (χ0v) is 10.4. The Labute approximate surface area is 103 Å². The lowest BCUT2D eigenvalue weighted by Gasteiger charge is -2.10. The predicted octanol–water partition coefficient (Wildman–Crippen LogP) is 3.35. The molecule has 0 amide bonds. The average molecular weight is 226 g/mol. The molecular formula is C15H18N2. The molecule has 1 aromatic carbocycles. The summed E-state index contributed by atoms with van der Waals surface area (Å²) in [6, 6.07) is 12.5. The second kappa shape index (κ2) is 5.48. The molecule has 0 spiro atoms. The first-order valence-electron chi connectivity index (χ1n) is 5.97. The van der Waals surface area contributed by atoms with Crippen LogP contribution in [0.5, 0.6) is 0 Å². The Kier molecular flexibility index (Phi) is 3.76. The number of pyridine rings is 1. The zero-order chi connectivity index (χ0) is 12.1. The molecule has 0 saturated heterocycles. The van der Waals surface area contributed by atoms with Crippen molar-refractivity contribution >= 4 is 5.69 Å². The molecular weight excluding hydrogens is 208 g/mol. The van der Waals surface area contributed by atoms with E-state index in [2.05, 4.69) is 48.4 Å². The molecule has 2 nitrogen and oxygen atoms in total. The normalized spacial score (nSPS) is 10.2. The van der Waals surface area contributed by atoms with Crippen LogP contribution in [0.4, 0.5) is 5.69 Å². The molecule has 0 bridgehead atoms. The van der Waals surface area contributed by atoms with Crippen molar-refractivity contribution in [3.63, 3.8) is 0 Å². The van der Waals surface area contributed by atoms with Crippen molar-refractivity contribution in [1.29, 1.82) is 0 Å². The van der Waals surface area contributed by atoms with Gasteiger partial charge in [0.2, 0.25) is 0 Å². The second-order valence-electron chi connectivity index (χ2n) is 4.32. The standard InChI is InChI=1S/C15H18N2/c1-12-6-7-13(2)15(11-12)17-10-8-14-5-3-4-9-16-14/h3-7,9,11,17H,8,10H2,1-2H3. The van der Waals surface area contributed by atoms with E-state index in [1.807, 2.05) is 18.3 Å². The van der Waals surface area contributed by atoms with Gasteiger partial charge in [0.25, 0.3) is 0 Å². The number of nitrogens with zero attached hydrogens (tertiary/aromatic N) is 1. The Balaban J connectivity index is 1.92. The van der Waals surface area contributed by atoms with Crippen LogP contribution in [0.3, 0.4) is 0 Å². The van der Waals surface area contributed by atoms with Crippen molar-refractivity contribution in [2.75, 3.05) is 11.9 Å². The van der Waals surface area contributed by atoms with E-state index in [-0.39, 0.29) is 0 Å². The summed E-state index contributed by atoms with van der Waals surface area (Å²) in [6.45, 7) is 5.16. The number of nitrogens with one attached hydrogen (secondary N) is 1. The summed E-state index contributed by atoms with van der Waals surface area (Å²) < 4.78 is 0. The SMILES string of the molecule is Cc1ccc(C)c(NCCc2ccccn2)c1. The van der Waals surface area contributed by atoms with Crippen LogP contribution < -0.4 is 5.32 Å². The minimum atomic E-state index is 0.918. The lowest BCUT2D eigenvalue weighted by Crippen LogP contribution is -2.07. The van der Waals surface area contributed by atoms with Crippen LogP contribution in [-0.2, 0) is 6.42 Å². The van der Waals surface area contributed by atoms with Crippen LogP contribution in [0.25, 0.3) is 0 Å². The average Bonchev–Trinajstić information content (AvgIpc) is 2.35. The highest BCUT2D eigenvalue weighted by atomic mass is 14.9. The van der Waals surface area contributed by atoms with Crippen LogP contribution in [0.1, 0.15) is 16.8 Å². The number of benzene rings is 1. The summed E-state index contributed by atoms with van der Waals surface area (Å²) in [5.74, 6) is 0. The molecule has 0 aliphatic rings. The molecule has 0 aliphatic carbocycles. The number of rotatable bonds is 4. The fourth-order valence-corrected chi connectivity index (χ4v) is 1.80. The third-order valence-corrected chi connectivity index (χ3v) is 2.82. The van der Waals surface area contributed by atoms with Crippen molar-refractivity contribution in [1.82, 2.24) is 4.98 Å². The molecule has 2 heteroatoms. The van der Waals surface area contributed by atoms with Gasteiger partial charge < -0.3 is 5.32 Å². The monoisotopic (exact) mass is 226 g/mol. The van der Waals surface area contributed by atoms with Gasteiger partial charge in [-0.25, -0.2) is 0 Å². The highest BCUT2D eigenvalue weighted by Gasteiger charge is 1.98. The maximum Gasteiger partial charge on any atom is 0.0421 e. The first-order chi connectivity index (χ1) is 8.25. The van der Waals surface area contributed by atoms with Gasteiger partial charge in [0.1, 0.15) is 0 Å². The van der Waals surface area contributed by atoms with Gasteiger partial charge in [-0.2, -0.15) is 0 Å². The number of hydrogen-bond acceptors (Lipinski definition) is 2. The molecule has 0 fully saturated rings. The second-order valence-corrected chi connectivity index (χ2v) is 4.32. The Morgan fingerprint density at radius 1 is 1.12 bits per heavy atom. The van der Waals surface area contributed by atoms with Gasteiger partial charge in [-0.15, -0.1) is 0 Å². The lowest BCUT2D eigenvalue weighted by atomic mass is 10.1. The largest absolute Gasteiger partial charge is 0.384 e. The van der Waals surface area contributed by atoms with Crippen molar-refractivity contribution in [2.45, 2.75) is 20.3 Å². The van der Waals surface area contributed by atoms with Gasteiger partial charge in [0.15, 0.2) is 0 Å². The maximum absolute atomic E-state index is 4.31. The zero-order valence-electron chi connectivity index (χ0n) is 10.4. The highest BCUT2D eigenvalue weighted by Crippen LogP contribution is 2.16. The molecule has 0 aliphatic heterocycles. The van der Waals surface area contributed by atoms with Crippen LogP contribution >= 0.6 is 0 Å². The van der Waals surface area contributed by atoms with Crippen molar-refractivity contribution < 1.29 is 0 Å². The van der Waals surface area contributed by atoms with Crippen LogP contribution in [-0.4, -0.2) is 11.5 Å². The van der Waals surface area contributed by atoms with Gasteiger partial charge in [-0.1, -0.05) is 18.2 Å². The van der Waals surface area contributed by atoms with E-state index >= 15 is 0 Å². The van der Waals surface area contributed by atoms with E-state index in [0.29, 0.717) is 0 Å². The van der Waals surface area contributed by atoms with Crippen LogP contribution in [0, 0.1) is 13.8 Å². The number of anilines is 1. The number of aromatic nitrogens is 1. The van der Waals surface area contributed by atoms with E-state index in [9.17, 15) is 0 Å². The molecule has 1 N–H and O–H groups in total. The molecule has 2 rings (SSSR count). The molecule has 0 unspecified atom stereocenters. The summed E-state index contributed by atoms with van der Waals surface area (Å²) >= 11 is 0. The molecule has 17 heavy (non-hydrogen) atoms. The molecule has 0 saturated carbocycles. The van der Waals surface area contributed by atoms with E-state index in [1.165, 1.54) is 16.8 Å². The quantitative estimate of drug-likeness (QED) is 0.864. The van der Waals surface area contributed by atoms with E-state index < -0.39 is 0 Å². The summed E-state index contributed by atoms with van der Waals surface area (Å²) in [7, 11) is 0. The third kappa shape index (κ3) is 3.31. The Bertz CT molecular complexity index is 478. The summed E-state index contributed by atoms with van der Waals surface area (Å²) in [4.78, 5) is 4.31. The molecule has 88 valence electrons.